The summed E-state index contributed by atoms with van der Waals surface area (Å²) in [5, 5.41) is 9.49. The summed E-state index contributed by atoms with van der Waals surface area (Å²) in [6, 6.07) is -1.07. The highest BCUT2D eigenvalue weighted by molar-refractivity contribution is 5.94. The number of aliphatic hydroxyl groups excluding tert-OH is 1. The first-order chi connectivity index (χ1) is 8.68. The molecule has 1 saturated carbocycles. The van der Waals surface area contributed by atoms with Gasteiger partial charge in [0.1, 0.15) is 6.04 Å². The van der Waals surface area contributed by atoms with Crippen LogP contribution in [0.2, 0.25) is 0 Å². The van der Waals surface area contributed by atoms with Gasteiger partial charge in [0.2, 0.25) is 17.7 Å². The molecule has 2 amide bonds. The molecule has 1 aliphatic heterocycles. The highest BCUT2D eigenvalue weighted by atomic mass is 19.3. The lowest BCUT2D eigenvalue weighted by Gasteiger charge is -2.54. The number of alkyl halides is 2. The molecule has 0 aromatic carbocycles. The van der Waals surface area contributed by atoms with Crippen LogP contribution in [0.3, 0.4) is 0 Å². The van der Waals surface area contributed by atoms with E-state index >= 15 is 0 Å². The fraction of sp³-hybridized carbons (Fsp3) is 0.833. The van der Waals surface area contributed by atoms with E-state index in [1.54, 1.807) is 0 Å². The molecule has 3 N–H and O–H groups in total. The van der Waals surface area contributed by atoms with Gasteiger partial charge in [-0.25, -0.2) is 8.78 Å². The quantitative estimate of drug-likeness (QED) is 0.725. The Morgan fingerprint density at radius 3 is 2.26 bits per heavy atom. The van der Waals surface area contributed by atoms with Gasteiger partial charge in [-0.15, -0.1) is 0 Å². The maximum absolute atomic E-state index is 13.1. The summed E-state index contributed by atoms with van der Waals surface area (Å²) in [5.74, 6) is -3.81. The van der Waals surface area contributed by atoms with Gasteiger partial charge in [0.15, 0.2) is 0 Å². The number of rotatable bonds is 3. The van der Waals surface area contributed by atoms with Crippen molar-refractivity contribution in [3.63, 3.8) is 0 Å². The predicted octanol–water partition coefficient (Wildman–Crippen LogP) is 0.259. The highest BCUT2D eigenvalue weighted by Gasteiger charge is 2.58. The molecule has 0 bridgehead atoms. The zero-order valence-electron chi connectivity index (χ0n) is 10.7. The van der Waals surface area contributed by atoms with E-state index in [1.165, 1.54) is 11.8 Å². The third-order valence-corrected chi connectivity index (χ3v) is 4.21. The molecule has 0 unspecified atom stereocenters. The van der Waals surface area contributed by atoms with Crippen LogP contribution in [0.25, 0.3) is 0 Å². The largest absolute Gasteiger partial charge is 0.391 e. The highest BCUT2D eigenvalue weighted by Crippen LogP contribution is 2.50. The average molecular weight is 276 g/mol. The first-order valence-electron chi connectivity index (χ1n) is 6.35. The van der Waals surface area contributed by atoms with Gasteiger partial charge in [0, 0.05) is 19.4 Å². The monoisotopic (exact) mass is 276 g/mol. The average Bonchev–Trinajstić information content (AvgIpc) is 2.29. The van der Waals surface area contributed by atoms with Crippen molar-refractivity contribution in [2.45, 2.75) is 50.7 Å². The smallest absolute Gasteiger partial charge is 0.248 e. The summed E-state index contributed by atoms with van der Waals surface area (Å²) >= 11 is 0. The third-order valence-electron chi connectivity index (χ3n) is 4.21. The van der Waals surface area contributed by atoms with Gasteiger partial charge in [0.25, 0.3) is 0 Å². The maximum atomic E-state index is 13.1. The van der Waals surface area contributed by atoms with E-state index in [0.29, 0.717) is 0 Å². The summed E-state index contributed by atoms with van der Waals surface area (Å²) in [5.41, 5.74) is 4.38. The predicted molar refractivity (Wildman–Crippen MR) is 62.2 cm³/mol. The zero-order valence-corrected chi connectivity index (χ0v) is 10.7. The molecule has 1 aliphatic carbocycles. The van der Waals surface area contributed by atoms with Gasteiger partial charge >= 0.3 is 0 Å². The molecule has 1 saturated heterocycles. The van der Waals surface area contributed by atoms with Crippen molar-refractivity contribution < 1.29 is 23.5 Å². The lowest BCUT2D eigenvalue weighted by Crippen LogP contribution is -2.69. The second-order valence-corrected chi connectivity index (χ2v) is 5.66. The number of carbonyl (C=O) groups excluding carboxylic acids is 2. The van der Waals surface area contributed by atoms with E-state index in [0.717, 1.165) is 0 Å². The standard InChI is InChI=1S/C12H18F2N2O3/c1-7(17)8(9(15)18)16-6-11(10(16)19)2-4-12(13,14)5-3-11/h7-8,17H,2-6H2,1H3,(H2,15,18)/t7-,8+/m1/s1. The van der Waals surface area contributed by atoms with Crippen LogP contribution in [-0.2, 0) is 9.59 Å². The Morgan fingerprint density at radius 2 is 1.89 bits per heavy atom. The van der Waals surface area contributed by atoms with E-state index < -0.39 is 29.4 Å². The van der Waals surface area contributed by atoms with E-state index in [-0.39, 0.29) is 38.1 Å². The minimum Gasteiger partial charge on any atom is -0.391 e. The second kappa shape index (κ2) is 4.40. The number of hydrogen-bond donors (Lipinski definition) is 2. The molecule has 2 fully saturated rings. The molecule has 2 atom stereocenters. The van der Waals surface area contributed by atoms with Gasteiger partial charge in [-0.1, -0.05) is 0 Å². The molecule has 19 heavy (non-hydrogen) atoms. The van der Waals surface area contributed by atoms with Crippen molar-refractivity contribution in [1.82, 2.24) is 4.90 Å². The number of β-lactam (4-membered cyclic amide) rings is 1. The topological polar surface area (TPSA) is 83.6 Å². The van der Waals surface area contributed by atoms with E-state index in [4.69, 9.17) is 5.73 Å². The number of carbonyl (C=O) groups is 2. The number of amides is 2. The Labute approximate surface area is 109 Å². The second-order valence-electron chi connectivity index (χ2n) is 5.66. The van der Waals surface area contributed by atoms with Gasteiger partial charge in [-0.3, -0.25) is 9.59 Å². The van der Waals surface area contributed by atoms with Crippen LogP contribution in [0.15, 0.2) is 0 Å². The van der Waals surface area contributed by atoms with Crippen molar-refractivity contribution in [2.75, 3.05) is 6.54 Å². The molecule has 0 radical (unpaired) electrons. The van der Waals surface area contributed by atoms with Crippen molar-refractivity contribution in [3.8, 4) is 0 Å². The fourth-order valence-corrected chi connectivity index (χ4v) is 3.02. The number of nitrogens with zero attached hydrogens (tertiary/aromatic N) is 1. The Bertz CT molecular complexity index is 402. The molecule has 1 spiro atoms. The van der Waals surface area contributed by atoms with Crippen molar-refractivity contribution in [2.24, 2.45) is 11.1 Å². The SMILES string of the molecule is C[C@@H](O)[C@@H](C(N)=O)N1CC2(CCC(F)(F)CC2)C1=O. The molecular weight excluding hydrogens is 258 g/mol. The lowest BCUT2D eigenvalue weighted by molar-refractivity contribution is -0.182. The van der Waals surface area contributed by atoms with Crippen LogP contribution in [-0.4, -0.2) is 46.4 Å². The number of nitrogens with two attached hydrogens (primary N) is 1. The van der Waals surface area contributed by atoms with Gasteiger partial charge in [-0.05, 0) is 19.8 Å². The first kappa shape index (κ1) is 14.2. The Morgan fingerprint density at radius 1 is 1.37 bits per heavy atom. The van der Waals surface area contributed by atoms with Crippen molar-refractivity contribution in [3.05, 3.63) is 0 Å². The Hall–Kier alpha value is -1.24. The third kappa shape index (κ3) is 2.31. The van der Waals surface area contributed by atoms with Crippen LogP contribution < -0.4 is 5.73 Å². The fourth-order valence-electron chi connectivity index (χ4n) is 3.02. The molecule has 7 heteroatoms. The zero-order chi connectivity index (χ0) is 14.4. The van der Waals surface area contributed by atoms with Crippen molar-refractivity contribution in [1.29, 1.82) is 0 Å². The van der Waals surface area contributed by atoms with Crippen molar-refractivity contribution >= 4 is 11.8 Å². The van der Waals surface area contributed by atoms with E-state index in [2.05, 4.69) is 0 Å². The molecule has 1 heterocycles. The van der Waals surface area contributed by atoms with E-state index in [9.17, 15) is 23.5 Å². The number of likely N-dealkylation sites (tertiary alicyclic amines) is 1. The van der Waals surface area contributed by atoms with E-state index in [1.807, 2.05) is 0 Å². The molecular formula is C12H18F2N2O3. The Balaban J connectivity index is 2.05. The minimum atomic E-state index is -2.70. The minimum absolute atomic E-state index is 0.126. The molecule has 2 rings (SSSR count). The number of aliphatic hydroxyl groups is 1. The van der Waals surface area contributed by atoms with Gasteiger partial charge < -0.3 is 15.7 Å². The summed E-state index contributed by atoms with van der Waals surface area (Å²) in [4.78, 5) is 24.6. The first-order valence-corrected chi connectivity index (χ1v) is 6.35. The molecule has 0 aromatic rings. The molecule has 5 nitrogen and oxygen atoms in total. The summed E-state index contributed by atoms with van der Waals surface area (Å²) in [6.07, 6.45) is -1.42. The Kier molecular flexibility index (Phi) is 3.28. The van der Waals surface area contributed by atoms with Gasteiger partial charge in [0.05, 0.1) is 11.5 Å². The molecule has 108 valence electrons. The van der Waals surface area contributed by atoms with Crippen LogP contribution in [0.5, 0.6) is 0 Å². The van der Waals surface area contributed by atoms with Gasteiger partial charge in [-0.2, -0.15) is 0 Å². The molecule has 2 aliphatic rings. The summed E-state index contributed by atoms with van der Waals surface area (Å²) in [6.45, 7) is 1.60. The summed E-state index contributed by atoms with van der Waals surface area (Å²) in [7, 11) is 0. The van der Waals surface area contributed by atoms with Crippen LogP contribution >= 0.6 is 0 Å². The van der Waals surface area contributed by atoms with Crippen LogP contribution in [0, 0.1) is 5.41 Å². The lowest BCUT2D eigenvalue weighted by atomic mass is 9.66. The summed E-state index contributed by atoms with van der Waals surface area (Å²) < 4.78 is 26.2. The normalized spacial score (nSPS) is 27.8. The number of primary amides is 1. The number of halogens is 2. The van der Waals surface area contributed by atoms with Crippen LogP contribution in [0.4, 0.5) is 8.78 Å². The van der Waals surface area contributed by atoms with Crippen LogP contribution in [0.1, 0.15) is 32.6 Å². The number of hydrogen-bond acceptors (Lipinski definition) is 3. The maximum Gasteiger partial charge on any atom is 0.248 e. The molecule has 0 aromatic heterocycles.